The number of aliphatic hydroxyl groups is 3. The number of nitrogens with two attached hydrogens (primary N) is 2. The van der Waals surface area contributed by atoms with Crippen molar-refractivity contribution in [2.45, 2.75) is 164 Å². The van der Waals surface area contributed by atoms with Crippen LogP contribution in [-0.2, 0) is 85.0 Å². The average molecular weight is 1560 g/mol. The van der Waals surface area contributed by atoms with Gasteiger partial charge in [-0.3, -0.25) is 52.7 Å². The summed E-state index contributed by atoms with van der Waals surface area (Å²) in [6.07, 6.45) is -6.23. The number of aliphatic carboxylic acids is 1. The standard InChI is InChI=1S/C77H98N14O17S2/c1-43(2)80-39-50-25-23-48(24-26-50)36-59-70(100)88-63(44(3)93)73(103)84-58(37-49-27-31-54(95)32-28-49)69(99)89-64(45(4)94)74(104)86-61(40-92)72(102)87-62(77(107)108)42-110-109-41-55(79)66(96)81-56(22-14-15-33-78)67(97)82-57(34-46-16-8-6-9-17-46)68(98)83-60(35-47-18-10-7-11-19-47)71(101)90-65(75(105)85-59)91(5)76(106)53-30-29-51-20-12-13-21-52(51)38-53/h6-13,16-21,23-32,38,43-45,55-65,80,92-95H,14-15,22,33-37,39-42,78-79H2,1-5H3,(H,81,96)(H,82,97)(H,83,98)(H,84,103)(H,85,105)(H,86,104)(H,87,102)(H,88,100)(H,89,99)(H,90,101)(H,107,108)/t44-,45-,55+,56+,57+,58+,59+,60+,61+,62+,63-,64+,65+/m1/s1. The largest absolute Gasteiger partial charge is 0.508 e. The van der Waals surface area contributed by atoms with Gasteiger partial charge in [0, 0.05) is 62.4 Å². The van der Waals surface area contributed by atoms with Crippen LogP contribution in [-0.4, -0.2) is 218 Å². The molecule has 1 aliphatic rings. The Kier molecular flexibility index (Phi) is 33.9. The number of carbonyl (C=O) groups excluding carboxylic acids is 11. The number of aromatic hydroxyl groups is 1. The number of hydrogen-bond donors (Lipinski definition) is 18. The second kappa shape index (κ2) is 43.0. The summed E-state index contributed by atoms with van der Waals surface area (Å²) in [5.74, 6) is -14.1. The van der Waals surface area contributed by atoms with Gasteiger partial charge >= 0.3 is 5.97 Å². The number of nitrogens with one attached hydrogen (secondary N) is 11. The molecule has 6 aromatic carbocycles. The molecule has 0 aliphatic carbocycles. The summed E-state index contributed by atoms with van der Waals surface area (Å²) in [6, 6.07) is 24.2. The van der Waals surface area contributed by atoms with Crippen LogP contribution in [0, 0.1) is 0 Å². The second-order valence-corrected chi connectivity index (χ2v) is 29.6. The van der Waals surface area contributed by atoms with Gasteiger partial charge in [-0.2, -0.15) is 0 Å². The summed E-state index contributed by atoms with van der Waals surface area (Å²) < 4.78 is 0. The van der Waals surface area contributed by atoms with Crippen molar-refractivity contribution in [2.24, 2.45) is 11.5 Å². The molecule has 0 spiro atoms. The van der Waals surface area contributed by atoms with Crippen LogP contribution < -0.4 is 70.0 Å². The Balaban J connectivity index is 1.35. The highest BCUT2D eigenvalue weighted by Crippen LogP contribution is 2.24. The Labute approximate surface area is 644 Å². The maximum Gasteiger partial charge on any atom is 0.327 e. The molecular weight excluding hydrogens is 1460 g/mol. The first-order chi connectivity index (χ1) is 52.5. The normalized spacial score (nSPS) is 23.1. The van der Waals surface area contributed by atoms with Crippen LogP contribution in [0.3, 0.4) is 0 Å². The van der Waals surface area contributed by atoms with E-state index in [0.717, 1.165) is 51.3 Å². The number of carbonyl (C=O) groups is 12. The molecule has 1 saturated heterocycles. The summed E-state index contributed by atoms with van der Waals surface area (Å²) in [7, 11) is 3.00. The third-order valence-electron chi connectivity index (χ3n) is 17.9. The van der Waals surface area contributed by atoms with Crippen LogP contribution in [0.1, 0.15) is 85.1 Å². The van der Waals surface area contributed by atoms with Crippen LogP contribution >= 0.6 is 21.6 Å². The lowest BCUT2D eigenvalue weighted by molar-refractivity contribution is -0.142. The molecule has 1 fully saturated rings. The lowest BCUT2D eigenvalue weighted by Gasteiger charge is -2.32. The molecular formula is C77H98N14O17S2. The van der Waals surface area contributed by atoms with Crippen LogP contribution in [0.25, 0.3) is 10.8 Å². The van der Waals surface area contributed by atoms with E-state index >= 15 is 24.0 Å². The van der Waals surface area contributed by atoms with Crippen molar-refractivity contribution >= 4 is 103 Å². The molecule has 0 bridgehead atoms. The van der Waals surface area contributed by atoms with Crippen LogP contribution in [0.2, 0.25) is 0 Å². The smallest absolute Gasteiger partial charge is 0.327 e. The Morgan fingerprint density at radius 2 is 0.900 bits per heavy atom. The molecule has 1 heterocycles. The van der Waals surface area contributed by atoms with Crippen molar-refractivity contribution in [3.8, 4) is 5.75 Å². The van der Waals surface area contributed by atoms with E-state index in [9.17, 15) is 59.1 Å². The van der Waals surface area contributed by atoms with E-state index in [0.29, 0.717) is 41.5 Å². The molecule has 11 amide bonds. The summed E-state index contributed by atoms with van der Waals surface area (Å²) in [5, 5.41) is 83.3. The van der Waals surface area contributed by atoms with Gasteiger partial charge in [0.25, 0.3) is 11.8 Å². The Bertz CT molecular complexity index is 4130. The number of amides is 11. The molecule has 0 unspecified atom stereocenters. The highest BCUT2D eigenvalue weighted by atomic mass is 33.1. The number of phenols is 1. The number of fused-ring (bicyclic) bond motifs is 1. The third-order valence-corrected chi connectivity index (χ3v) is 20.4. The summed E-state index contributed by atoms with van der Waals surface area (Å²) in [6.45, 7) is 5.65. The minimum Gasteiger partial charge on any atom is -0.508 e. The van der Waals surface area contributed by atoms with E-state index in [-0.39, 0.29) is 66.7 Å². The van der Waals surface area contributed by atoms with Gasteiger partial charge in [0.15, 0.2) is 6.17 Å². The number of unbranched alkanes of at least 4 members (excludes halogenated alkanes) is 1. The van der Waals surface area contributed by atoms with E-state index in [1.807, 2.05) is 19.9 Å². The van der Waals surface area contributed by atoms with Crippen molar-refractivity contribution in [3.63, 3.8) is 0 Å². The molecule has 6 aromatic rings. The zero-order valence-corrected chi connectivity index (χ0v) is 63.2. The van der Waals surface area contributed by atoms with Crippen LogP contribution in [0.15, 0.2) is 152 Å². The highest BCUT2D eigenvalue weighted by Gasteiger charge is 2.40. The van der Waals surface area contributed by atoms with Gasteiger partial charge in [-0.15, -0.1) is 0 Å². The molecule has 0 aromatic heterocycles. The number of benzene rings is 6. The molecule has 7 rings (SSSR count). The number of carboxylic acids is 1. The van der Waals surface area contributed by atoms with Gasteiger partial charge in [0.1, 0.15) is 60.1 Å². The first-order valence-corrected chi connectivity index (χ1v) is 38.4. The minimum absolute atomic E-state index is 0.00936. The molecule has 33 heteroatoms. The number of hydrogen-bond acceptors (Lipinski definition) is 21. The zero-order valence-electron chi connectivity index (χ0n) is 61.6. The van der Waals surface area contributed by atoms with Crippen molar-refractivity contribution in [2.75, 3.05) is 31.7 Å². The number of likely N-dealkylation sites (N-methyl/N-ethyl adjacent to an activating group) is 1. The van der Waals surface area contributed by atoms with Gasteiger partial charge < -0.3 is 100 Å². The maximum absolute atomic E-state index is 15.7. The predicted molar refractivity (Wildman–Crippen MR) is 413 cm³/mol. The SMILES string of the molecule is CC(C)NCc1ccc(C[C@@H]2NC(=O)[C@H](N(C)C(=O)c3ccc4ccccc4c3)NC(=O)[C@H](Cc3ccccc3)NC(=O)[C@H](Cc3ccccc3)NC(=O)[C@H](CCCCN)NC(=O)[C@@H](N)CSSC[C@@H](C(=O)O)NC(=O)[C@H](CO)NC(=O)[C@H]([C@@H](C)O)NC(=O)[C@H](Cc3ccc(O)cc3)NC(=O)[C@@H]([C@@H](C)O)NC2=O)cc1. The van der Waals surface area contributed by atoms with Crippen LogP contribution in [0.5, 0.6) is 5.75 Å². The number of nitrogens with zero attached hydrogens (tertiary/aromatic N) is 1. The third kappa shape index (κ3) is 26.7. The molecule has 590 valence electrons. The van der Waals surface area contributed by atoms with Gasteiger partial charge in [-0.25, -0.2) is 4.79 Å². The van der Waals surface area contributed by atoms with Crippen molar-refractivity contribution < 1.29 is 83.1 Å². The summed E-state index contributed by atoms with van der Waals surface area (Å²) in [4.78, 5) is 176. The fourth-order valence-electron chi connectivity index (χ4n) is 11.6. The Morgan fingerprint density at radius 1 is 0.482 bits per heavy atom. The molecule has 20 N–H and O–H groups in total. The van der Waals surface area contributed by atoms with E-state index in [4.69, 9.17) is 11.5 Å². The number of phenolic OH excluding ortho intramolecular Hbond substituents is 1. The van der Waals surface area contributed by atoms with Crippen molar-refractivity contribution in [1.29, 1.82) is 0 Å². The molecule has 13 atom stereocenters. The second-order valence-electron chi connectivity index (χ2n) is 27.1. The van der Waals surface area contributed by atoms with E-state index in [1.165, 1.54) is 37.4 Å². The number of rotatable bonds is 21. The lowest BCUT2D eigenvalue weighted by Crippen LogP contribution is -2.65. The molecule has 110 heavy (non-hydrogen) atoms. The highest BCUT2D eigenvalue weighted by molar-refractivity contribution is 8.76. The van der Waals surface area contributed by atoms with Crippen molar-refractivity contribution in [3.05, 3.63) is 185 Å². The van der Waals surface area contributed by atoms with E-state index in [1.54, 1.807) is 115 Å². The number of aliphatic hydroxyl groups excluding tert-OH is 3. The monoisotopic (exact) mass is 1550 g/mol. The first kappa shape index (κ1) is 86.7. The van der Waals surface area contributed by atoms with Gasteiger partial charge in [-0.05, 0) is 103 Å². The Morgan fingerprint density at radius 3 is 1.40 bits per heavy atom. The maximum atomic E-state index is 15.7. The van der Waals surface area contributed by atoms with Gasteiger partial charge in [-0.1, -0.05) is 163 Å². The summed E-state index contributed by atoms with van der Waals surface area (Å²) in [5.41, 5.74) is 14.9. The molecule has 1 aliphatic heterocycles. The molecule has 0 saturated carbocycles. The summed E-state index contributed by atoms with van der Waals surface area (Å²) >= 11 is 0. The lowest BCUT2D eigenvalue weighted by atomic mass is 10.0. The first-order valence-electron chi connectivity index (χ1n) is 35.9. The minimum atomic E-state index is -2.07. The molecule has 31 nitrogen and oxygen atoms in total. The van der Waals surface area contributed by atoms with Crippen molar-refractivity contribution in [1.82, 2.24) is 63.4 Å². The predicted octanol–water partition coefficient (Wildman–Crippen LogP) is -0.419. The van der Waals surface area contributed by atoms with Gasteiger partial charge in [0.05, 0.1) is 24.9 Å². The van der Waals surface area contributed by atoms with E-state index < -0.39 is 163 Å². The fraction of sp³-hybridized carbons (Fsp3) is 0.403. The van der Waals surface area contributed by atoms with E-state index in [2.05, 4.69) is 58.5 Å². The average Bonchev–Trinajstić information content (AvgIpc) is 0.794. The fourth-order valence-corrected chi connectivity index (χ4v) is 13.9. The Hall–Kier alpha value is -10.5. The van der Waals surface area contributed by atoms with Crippen LogP contribution in [0.4, 0.5) is 0 Å². The van der Waals surface area contributed by atoms with Gasteiger partial charge in [0.2, 0.25) is 53.2 Å². The molecule has 0 radical (unpaired) electrons. The topological polar surface area (TPSA) is 494 Å². The number of carboxylic acid groups (broad SMARTS) is 1. The quantitative estimate of drug-likeness (QED) is 0.0321. The zero-order chi connectivity index (χ0) is 80.1.